The first-order chi connectivity index (χ1) is 22.8. The minimum absolute atomic E-state index is 0.0179. The van der Waals surface area contributed by atoms with Crippen LogP contribution in [0.2, 0.25) is 0 Å². The van der Waals surface area contributed by atoms with E-state index in [1.807, 2.05) is 4.90 Å². The lowest BCUT2D eigenvalue weighted by Gasteiger charge is -2.35. The van der Waals surface area contributed by atoms with E-state index in [1.165, 1.54) is 27.5 Å². The van der Waals surface area contributed by atoms with Crippen LogP contribution in [0.5, 0.6) is 11.5 Å². The Bertz CT molecular complexity index is 2030. The normalized spacial score (nSPS) is 17.3. The Morgan fingerprint density at radius 2 is 1.83 bits per heavy atom. The molecule has 4 heterocycles. The summed E-state index contributed by atoms with van der Waals surface area (Å²) in [6, 6.07) is 8.17. The highest BCUT2D eigenvalue weighted by Gasteiger charge is 2.27. The number of nitrogens with one attached hydrogen (secondary N) is 2. The Labute approximate surface area is 272 Å². The van der Waals surface area contributed by atoms with Gasteiger partial charge in [-0.2, -0.15) is 9.40 Å². The molecular weight excluding hydrogens is 658 g/mol. The lowest BCUT2D eigenvalue weighted by Crippen LogP contribution is -2.48. The lowest BCUT2D eigenvalue weighted by molar-refractivity contribution is 0.0821. The number of H-pyrrole nitrogens is 1. The van der Waals surface area contributed by atoms with Crippen LogP contribution in [0.15, 0.2) is 60.4 Å². The topological polar surface area (TPSA) is 148 Å². The maximum atomic E-state index is 14.1. The number of fused-ring (bicyclic) bond motifs is 1. The van der Waals surface area contributed by atoms with E-state index in [2.05, 4.69) is 15.4 Å². The molecule has 2 aliphatic heterocycles. The first-order valence-corrected chi connectivity index (χ1v) is 16.6. The van der Waals surface area contributed by atoms with Crippen LogP contribution >= 0.6 is 0 Å². The van der Waals surface area contributed by atoms with Crippen molar-refractivity contribution in [2.45, 2.75) is 19.6 Å². The van der Waals surface area contributed by atoms with E-state index in [1.54, 1.807) is 31.2 Å². The van der Waals surface area contributed by atoms with E-state index in [4.69, 9.17) is 15.2 Å². The first-order valence-electron chi connectivity index (χ1n) is 14.7. The number of dihydropyridines is 1. The number of nitrogen functional groups attached to an aromatic ring is 1. The molecule has 1 fully saturated rings. The number of benzene rings is 2. The van der Waals surface area contributed by atoms with Crippen LogP contribution in [0.1, 0.15) is 23.0 Å². The minimum Gasteiger partial charge on any atom is -0.485 e. The number of ketones is 1. The summed E-state index contributed by atoms with van der Waals surface area (Å²) in [5, 5.41) is 7.68. The molecule has 0 radical (unpaired) electrons. The fraction of sp³-hybridized carbons (Fsp3) is 0.290. The third kappa shape index (κ3) is 6.55. The highest BCUT2D eigenvalue weighted by atomic mass is 32.2. The molecule has 1 saturated heterocycles. The van der Waals surface area contributed by atoms with Gasteiger partial charge in [0.05, 0.1) is 35.1 Å². The number of anilines is 2. The quantitative estimate of drug-likeness (QED) is 0.166. The number of alkyl halides is 2. The van der Waals surface area contributed by atoms with Crippen LogP contribution in [-0.4, -0.2) is 85.0 Å². The molecule has 6 rings (SSSR count). The van der Waals surface area contributed by atoms with Crippen molar-refractivity contribution in [3.8, 4) is 11.5 Å². The van der Waals surface area contributed by atoms with Crippen molar-refractivity contribution < 1.29 is 40.2 Å². The summed E-state index contributed by atoms with van der Waals surface area (Å²) in [5.74, 6) is -2.54. The zero-order valence-electron chi connectivity index (χ0n) is 25.7. The van der Waals surface area contributed by atoms with Gasteiger partial charge in [0.15, 0.2) is 23.6 Å². The zero-order chi connectivity index (χ0) is 34.3. The van der Waals surface area contributed by atoms with Gasteiger partial charge >= 0.3 is 0 Å². The molecule has 254 valence electrons. The maximum absolute atomic E-state index is 14.1. The molecule has 1 unspecified atom stereocenters. The fourth-order valence-electron chi connectivity index (χ4n) is 5.57. The predicted octanol–water partition coefficient (Wildman–Crippen LogP) is 3.93. The summed E-state index contributed by atoms with van der Waals surface area (Å²) in [6.07, 6.45) is 1.89. The number of allylic oxidation sites excluding steroid dienone is 2. The minimum atomic E-state index is -3.38. The van der Waals surface area contributed by atoms with Crippen LogP contribution in [-0.2, 0) is 10.0 Å². The molecule has 12 nitrogen and oxygen atoms in total. The number of para-hydroxylation sites is 1. The molecule has 2 aromatic heterocycles. The molecule has 0 aliphatic carbocycles. The molecule has 48 heavy (non-hydrogen) atoms. The number of nitrogens with zero attached hydrogens (tertiary/aromatic N) is 4. The molecular formula is C31H31F4N7O5S. The number of nitrogens with two attached hydrogens (primary N) is 1. The largest absolute Gasteiger partial charge is 0.485 e. The number of carbonyl (C=O) groups excluding carboxylic acids is 1. The number of hydrogen-bond acceptors (Lipinski definition) is 9. The van der Waals surface area contributed by atoms with Crippen LogP contribution in [0, 0.1) is 11.6 Å². The van der Waals surface area contributed by atoms with E-state index in [-0.39, 0.29) is 35.9 Å². The Morgan fingerprint density at radius 3 is 2.48 bits per heavy atom. The SMILES string of the molecule is CC1=CC(Oc2c(F)cccc2F)NC=C1n1ncc(C(=O)c2cc3cc(OCC(F)F)c(N4CCN(S(C)(=O)=O)CC4)cc3[nH]2)c1N. The molecule has 2 aliphatic rings. The Hall–Kier alpha value is -5.03. The van der Waals surface area contributed by atoms with Crippen molar-refractivity contribution in [2.75, 3.05) is 49.7 Å². The number of aromatic nitrogens is 3. The predicted molar refractivity (Wildman–Crippen MR) is 170 cm³/mol. The van der Waals surface area contributed by atoms with Crippen molar-refractivity contribution in [3.63, 3.8) is 0 Å². The maximum Gasteiger partial charge on any atom is 0.272 e. The van der Waals surface area contributed by atoms with Crippen LogP contribution in [0.4, 0.5) is 29.1 Å². The summed E-state index contributed by atoms with van der Waals surface area (Å²) in [6.45, 7) is 1.89. The summed E-state index contributed by atoms with van der Waals surface area (Å²) in [5.41, 5.74) is 8.65. The lowest BCUT2D eigenvalue weighted by atomic mass is 10.1. The van der Waals surface area contributed by atoms with Gasteiger partial charge in [0.2, 0.25) is 15.8 Å². The highest BCUT2D eigenvalue weighted by Crippen LogP contribution is 2.36. The van der Waals surface area contributed by atoms with Crippen LogP contribution in [0.25, 0.3) is 16.6 Å². The average Bonchev–Trinajstić information content (AvgIpc) is 3.63. The molecule has 0 bridgehead atoms. The molecule has 4 aromatic rings. The van der Waals surface area contributed by atoms with E-state index >= 15 is 0 Å². The molecule has 0 spiro atoms. The van der Waals surface area contributed by atoms with E-state index in [0.29, 0.717) is 40.9 Å². The molecule has 17 heteroatoms. The molecule has 0 amide bonds. The number of aromatic amines is 1. The Morgan fingerprint density at radius 1 is 1.12 bits per heavy atom. The monoisotopic (exact) mass is 689 g/mol. The summed E-state index contributed by atoms with van der Waals surface area (Å²) in [4.78, 5) is 18.6. The summed E-state index contributed by atoms with van der Waals surface area (Å²) in [7, 11) is -3.38. The Kier molecular flexibility index (Phi) is 8.82. The number of carbonyl (C=O) groups is 1. The van der Waals surface area contributed by atoms with Gasteiger partial charge in [0.1, 0.15) is 18.2 Å². The highest BCUT2D eigenvalue weighted by molar-refractivity contribution is 7.88. The van der Waals surface area contributed by atoms with Crippen molar-refractivity contribution >= 4 is 43.9 Å². The summed E-state index contributed by atoms with van der Waals surface area (Å²) >= 11 is 0. The average molecular weight is 690 g/mol. The number of piperazine rings is 1. The number of halogens is 4. The summed E-state index contributed by atoms with van der Waals surface area (Å²) < 4.78 is 91.8. The fourth-order valence-corrected chi connectivity index (χ4v) is 6.40. The van der Waals surface area contributed by atoms with Crippen LogP contribution in [0.3, 0.4) is 0 Å². The van der Waals surface area contributed by atoms with Crippen molar-refractivity contribution in [1.29, 1.82) is 0 Å². The third-order valence-electron chi connectivity index (χ3n) is 7.99. The van der Waals surface area contributed by atoms with Gasteiger partial charge in [-0.15, -0.1) is 0 Å². The second kappa shape index (κ2) is 12.9. The molecule has 4 N–H and O–H groups in total. The standard InChI is InChI=1S/C31H31F4N7O5S/c1-17-10-28(47-30-20(32)4-3-5-21(30)33)37-15-25(17)42-31(36)19(14-38-42)29(43)23-11-18-12-26(46-16-27(34)35)24(13-22(18)39-23)40-6-8-41(9-7-40)48(2,44)45/h3-5,10-15,27-28,37,39H,6-9,16,36H2,1-2H3. The second-order valence-electron chi connectivity index (χ2n) is 11.3. The second-order valence-corrected chi connectivity index (χ2v) is 13.2. The van der Waals surface area contributed by atoms with Gasteiger partial charge < -0.3 is 30.4 Å². The first kappa shape index (κ1) is 32.9. The number of ether oxygens (including phenoxy) is 2. The van der Waals surface area contributed by atoms with Crippen molar-refractivity contribution in [1.82, 2.24) is 24.4 Å². The number of sulfonamides is 1. The van der Waals surface area contributed by atoms with Gasteiger partial charge in [-0.1, -0.05) is 6.07 Å². The molecule has 0 saturated carbocycles. The van der Waals surface area contributed by atoms with Gasteiger partial charge in [-0.05, 0) is 48.9 Å². The van der Waals surface area contributed by atoms with Gasteiger partial charge in [-0.25, -0.2) is 30.7 Å². The number of hydrogen-bond donors (Lipinski definition) is 3. The molecule has 1 atom stereocenters. The zero-order valence-corrected chi connectivity index (χ0v) is 26.5. The van der Waals surface area contributed by atoms with E-state index in [0.717, 1.165) is 18.4 Å². The van der Waals surface area contributed by atoms with E-state index in [9.17, 15) is 30.8 Å². The van der Waals surface area contributed by atoms with Gasteiger partial charge in [0, 0.05) is 43.3 Å². The van der Waals surface area contributed by atoms with Gasteiger partial charge in [0.25, 0.3) is 6.43 Å². The molecule has 2 aromatic carbocycles. The van der Waals surface area contributed by atoms with Crippen molar-refractivity contribution in [2.24, 2.45) is 0 Å². The number of rotatable bonds is 10. The van der Waals surface area contributed by atoms with Crippen molar-refractivity contribution in [3.05, 3.63) is 83.3 Å². The third-order valence-corrected chi connectivity index (χ3v) is 9.29. The Balaban J connectivity index is 1.24. The van der Waals surface area contributed by atoms with E-state index < -0.39 is 52.5 Å². The van der Waals surface area contributed by atoms with Crippen LogP contribution < -0.4 is 25.4 Å². The van der Waals surface area contributed by atoms with Gasteiger partial charge in [-0.3, -0.25) is 4.79 Å². The smallest absolute Gasteiger partial charge is 0.272 e.